The smallest absolute Gasteiger partial charge is 0.296 e. The average Bonchev–Trinajstić information content (AvgIpc) is 2.97. The molecular formula is C22H21ClN4O2. The lowest BCUT2D eigenvalue weighted by molar-refractivity contribution is -0.112. The van der Waals surface area contributed by atoms with Gasteiger partial charge < -0.3 is 9.88 Å². The molecule has 148 valence electrons. The number of carbonyl (C=O) groups is 2. The molecule has 6 nitrogen and oxygen atoms in total. The van der Waals surface area contributed by atoms with Crippen molar-refractivity contribution >= 4 is 29.0 Å². The number of Topliss-reactive ketones (excluding diaryl/α,β-unsaturated/α-hetero) is 1. The molecule has 0 saturated carbocycles. The first-order chi connectivity index (χ1) is 14.0. The lowest BCUT2D eigenvalue weighted by Crippen LogP contribution is -2.22. The SMILES string of the molecule is Cc1ccc(C(=O)C(=O)Nc2ccc(Cl)c(-c3nnc4n3CCCCC4)c2)cc1. The third-order valence-electron chi connectivity index (χ3n) is 5.09. The first-order valence-electron chi connectivity index (χ1n) is 9.67. The average molecular weight is 409 g/mol. The predicted molar refractivity (Wildman–Crippen MR) is 112 cm³/mol. The van der Waals surface area contributed by atoms with Crippen molar-refractivity contribution in [3.63, 3.8) is 0 Å². The van der Waals surface area contributed by atoms with Crippen molar-refractivity contribution in [1.29, 1.82) is 0 Å². The molecule has 29 heavy (non-hydrogen) atoms. The van der Waals surface area contributed by atoms with E-state index in [0.717, 1.165) is 43.6 Å². The van der Waals surface area contributed by atoms with Crippen LogP contribution in [0, 0.1) is 6.92 Å². The van der Waals surface area contributed by atoms with Crippen LogP contribution in [0.15, 0.2) is 42.5 Å². The first-order valence-corrected chi connectivity index (χ1v) is 10.0. The monoisotopic (exact) mass is 408 g/mol. The maximum absolute atomic E-state index is 12.4. The Morgan fingerprint density at radius 2 is 1.83 bits per heavy atom. The normalized spacial score (nSPS) is 13.4. The van der Waals surface area contributed by atoms with Crippen LogP contribution < -0.4 is 5.32 Å². The van der Waals surface area contributed by atoms with Crippen LogP contribution in [0.5, 0.6) is 0 Å². The largest absolute Gasteiger partial charge is 0.319 e. The molecule has 0 fully saturated rings. The van der Waals surface area contributed by atoms with E-state index in [-0.39, 0.29) is 0 Å². The molecule has 0 saturated heterocycles. The van der Waals surface area contributed by atoms with Crippen LogP contribution in [0.4, 0.5) is 5.69 Å². The minimum Gasteiger partial charge on any atom is -0.319 e. The Hall–Kier alpha value is -2.99. The number of anilines is 1. The summed E-state index contributed by atoms with van der Waals surface area (Å²) in [5.74, 6) is 0.366. The Labute approximate surface area is 173 Å². The molecule has 1 amide bonds. The van der Waals surface area contributed by atoms with Gasteiger partial charge >= 0.3 is 0 Å². The number of benzene rings is 2. The number of aryl methyl sites for hydroxylation is 2. The Morgan fingerprint density at radius 1 is 1.03 bits per heavy atom. The van der Waals surface area contributed by atoms with Crippen molar-refractivity contribution in [2.24, 2.45) is 0 Å². The maximum atomic E-state index is 12.4. The summed E-state index contributed by atoms with van der Waals surface area (Å²) in [6.07, 6.45) is 4.22. The summed E-state index contributed by atoms with van der Waals surface area (Å²) in [5.41, 5.74) is 2.55. The van der Waals surface area contributed by atoms with E-state index in [9.17, 15) is 9.59 Å². The zero-order valence-corrected chi connectivity index (χ0v) is 16.9. The van der Waals surface area contributed by atoms with Gasteiger partial charge in [0.1, 0.15) is 5.82 Å². The maximum Gasteiger partial charge on any atom is 0.296 e. The fourth-order valence-electron chi connectivity index (χ4n) is 3.48. The molecule has 1 aliphatic heterocycles. The Kier molecular flexibility index (Phi) is 5.45. The lowest BCUT2D eigenvalue weighted by atomic mass is 10.1. The van der Waals surface area contributed by atoms with Gasteiger partial charge in [-0.05, 0) is 38.0 Å². The quantitative estimate of drug-likeness (QED) is 0.511. The molecule has 1 aromatic heterocycles. The van der Waals surface area contributed by atoms with E-state index in [1.165, 1.54) is 0 Å². The Balaban J connectivity index is 1.59. The Bertz CT molecular complexity index is 1070. The molecule has 4 rings (SSSR count). The number of halogens is 1. The highest BCUT2D eigenvalue weighted by Gasteiger charge is 2.20. The Morgan fingerprint density at radius 3 is 2.62 bits per heavy atom. The summed E-state index contributed by atoms with van der Waals surface area (Å²) in [6, 6.07) is 12.0. The second kappa shape index (κ2) is 8.17. The molecule has 0 atom stereocenters. The van der Waals surface area contributed by atoms with Gasteiger partial charge in [-0.1, -0.05) is 47.9 Å². The van der Waals surface area contributed by atoms with Crippen LogP contribution in [0.3, 0.4) is 0 Å². The van der Waals surface area contributed by atoms with E-state index in [2.05, 4.69) is 20.1 Å². The van der Waals surface area contributed by atoms with Gasteiger partial charge in [-0.15, -0.1) is 10.2 Å². The van der Waals surface area contributed by atoms with Crippen LogP contribution in [-0.2, 0) is 17.8 Å². The molecule has 1 N–H and O–H groups in total. The van der Waals surface area contributed by atoms with Gasteiger partial charge in [-0.2, -0.15) is 0 Å². The van der Waals surface area contributed by atoms with E-state index in [1.54, 1.807) is 42.5 Å². The zero-order chi connectivity index (χ0) is 20.4. The molecule has 2 aromatic carbocycles. The van der Waals surface area contributed by atoms with Gasteiger partial charge in [-0.3, -0.25) is 9.59 Å². The van der Waals surface area contributed by atoms with E-state index < -0.39 is 11.7 Å². The number of carbonyl (C=O) groups excluding carboxylic acids is 2. The molecule has 3 aromatic rings. The number of fused-ring (bicyclic) bond motifs is 1. The molecule has 0 radical (unpaired) electrons. The molecule has 2 heterocycles. The third-order valence-corrected chi connectivity index (χ3v) is 5.42. The fourth-order valence-corrected chi connectivity index (χ4v) is 3.68. The summed E-state index contributed by atoms with van der Waals surface area (Å²) in [7, 11) is 0. The van der Waals surface area contributed by atoms with E-state index in [1.807, 2.05) is 6.92 Å². The molecule has 0 unspecified atom stereocenters. The summed E-state index contributed by atoms with van der Waals surface area (Å²) < 4.78 is 2.09. The number of amides is 1. The highest BCUT2D eigenvalue weighted by molar-refractivity contribution is 6.46. The van der Waals surface area contributed by atoms with Crippen molar-refractivity contribution in [2.45, 2.75) is 39.2 Å². The van der Waals surface area contributed by atoms with Crippen LogP contribution in [0.1, 0.15) is 41.0 Å². The second-order valence-electron chi connectivity index (χ2n) is 7.25. The van der Waals surface area contributed by atoms with Gasteiger partial charge in [0.05, 0.1) is 5.02 Å². The number of hydrogen-bond acceptors (Lipinski definition) is 4. The fraction of sp³-hybridized carbons (Fsp3) is 0.273. The standard InChI is InChI=1S/C22H21ClN4O2/c1-14-6-8-15(9-7-14)20(28)22(29)24-16-10-11-18(23)17(13-16)21-26-25-19-5-3-2-4-12-27(19)21/h6-11,13H,2-5,12H2,1H3,(H,24,29). The first kappa shape index (κ1) is 19.3. The second-order valence-corrected chi connectivity index (χ2v) is 7.65. The van der Waals surface area contributed by atoms with Crippen molar-refractivity contribution < 1.29 is 9.59 Å². The summed E-state index contributed by atoms with van der Waals surface area (Å²) >= 11 is 6.42. The number of nitrogens with zero attached hydrogens (tertiary/aromatic N) is 3. The van der Waals surface area contributed by atoms with Gasteiger partial charge in [0.15, 0.2) is 5.82 Å². The van der Waals surface area contributed by atoms with Gasteiger partial charge in [0, 0.05) is 29.8 Å². The number of hydrogen-bond donors (Lipinski definition) is 1. The molecule has 7 heteroatoms. The summed E-state index contributed by atoms with van der Waals surface area (Å²) in [4.78, 5) is 24.8. The highest BCUT2D eigenvalue weighted by atomic mass is 35.5. The van der Waals surface area contributed by atoms with Crippen molar-refractivity contribution in [3.8, 4) is 11.4 Å². The van der Waals surface area contributed by atoms with Crippen LogP contribution >= 0.6 is 11.6 Å². The van der Waals surface area contributed by atoms with E-state index >= 15 is 0 Å². The number of aromatic nitrogens is 3. The van der Waals surface area contributed by atoms with E-state index in [4.69, 9.17) is 11.6 Å². The van der Waals surface area contributed by atoms with Crippen molar-refractivity contribution in [3.05, 3.63) is 64.4 Å². The number of nitrogens with one attached hydrogen (secondary N) is 1. The number of ketones is 1. The van der Waals surface area contributed by atoms with Crippen molar-refractivity contribution in [2.75, 3.05) is 5.32 Å². The minimum absolute atomic E-state index is 0.352. The van der Waals surface area contributed by atoms with E-state index in [0.29, 0.717) is 27.7 Å². The highest BCUT2D eigenvalue weighted by Crippen LogP contribution is 2.31. The number of rotatable bonds is 4. The summed E-state index contributed by atoms with van der Waals surface area (Å²) in [6.45, 7) is 2.77. The molecular weight excluding hydrogens is 388 g/mol. The zero-order valence-electron chi connectivity index (χ0n) is 16.1. The van der Waals surface area contributed by atoms with Crippen LogP contribution in [0.25, 0.3) is 11.4 Å². The summed E-state index contributed by atoms with van der Waals surface area (Å²) in [5, 5.41) is 11.8. The molecule has 1 aliphatic rings. The van der Waals surface area contributed by atoms with Gasteiger partial charge in [-0.25, -0.2) is 0 Å². The molecule has 0 bridgehead atoms. The topological polar surface area (TPSA) is 76.9 Å². The lowest BCUT2D eigenvalue weighted by Gasteiger charge is -2.11. The van der Waals surface area contributed by atoms with Gasteiger partial charge in [0.2, 0.25) is 0 Å². The molecule has 0 aliphatic carbocycles. The van der Waals surface area contributed by atoms with Crippen molar-refractivity contribution in [1.82, 2.24) is 14.8 Å². The third kappa shape index (κ3) is 4.07. The van der Waals surface area contributed by atoms with Crippen LogP contribution in [0.2, 0.25) is 5.02 Å². The molecule has 0 spiro atoms. The van der Waals surface area contributed by atoms with Gasteiger partial charge in [0.25, 0.3) is 11.7 Å². The van der Waals surface area contributed by atoms with Crippen LogP contribution in [-0.4, -0.2) is 26.5 Å². The minimum atomic E-state index is -0.692. The predicted octanol–water partition coefficient (Wildman–Crippen LogP) is 4.45.